The molecule has 1 fully saturated rings. The number of ether oxygens (including phenoxy) is 1. The molecule has 0 spiro atoms. The molecule has 2 aromatic heterocycles. The number of anilines is 1. The van der Waals surface area contributed by atoms with E-state index in [1.165, 1.54) is 12.4 Å². The van der Waals surface area contributed by atoms with Gasteiger partial charge in [0, 0.05) is 18.7 Å². The molecule has 0 radical (unpaired) electrons. The summed E-state index contributed by atoms with van der Waals surface area (Å²) < 4.78 is 7.74. The van der Waals surface area contributed by atoms with Crippen LogP contribution in [0.15, 0.2) is 73.6 Å². The number of carbonyl (C=O) groups excluding carboxylic acids is 1. The fraction of sp³-hybridized carbons (Fsp3) is 0.200. The van der Waals surface area contributed by atoms with E-state index in [0.29, 0.717) is 35.6 Å². The second-order valence-corrected chi connectivity index (χ2v) is 8.05. The summed E-state index contributed by atoms with van der Waals surface area (Å²) in [6, 6.07) is 17.1. The Balaban J connectivity index is 1.52. The summed E-state index contributed by atoms with van der Waals surface area (Å²) in [5, 5.41) is 15.2. The standard InChI is InChI=1S/C25H24N6O3/c1-2-21(32)30-14-6-7-18(15-30)31-25-22(24(29-33)26-16-27-25)23(28-31)17-10-12-20(13-11-17)34-19-8-4-3-5-9-19/h2-5,8-13,16,18,33H,1,6-7,14-15H2,(H,26,27,29)/t18-/m1/s1. The zero-order chi connectivity index (χ0) is 23.5. The SMILES string of the molecule is C=CC(=O)N1CCC[C@@H](n2nc(-c3ccc(Oc4ccccc4)cc3)c3c(NO)ncnc32)C1. The maximum Gasteiger partial charge on any atom is 0.246 e. The molecule has 1 saturated heterocycles. The van der Waals surface area contributed by atoms with Gasteiger partial charge in [0.25, 0.3) is 0 Å². The lowest BCUT2D eigenvalue weighted by atomic mass is 10.1. The van der Waals surface area contributed by atoms with Crippen molar-refractivity contribution in [1.82, 2.24) is 24.6 Å². The Morgan fingerprint density at radius 3 is 2.62 bits per heavy atom. The monoisotopic (exact) mass is 456 g/mol. The Bertz CT molecular complexity index is 1320. The number of aromatic nitrogens is 4. The number of rotatable bonds is 6. The first kappa shape index (κ1) is 21.6. The van der Waals surface area contributed by atoms with Gasteiger partial charge in [-0.15, -0.1) is 0 Å². The number of benzene rings is 2. The summed E-state index contributed by atoms with van der Waals surface area (Å²) in [7, 11) is 0. The Labute approximate surface area is 196 Å². The molecule has 0 aliphatic carbocycles. The van der Waals surface area contributed by atoms with Crippen LogP contribution in [0.2, 0.25) is 0 Å². The third-order valence-electron chi connectivity index (χ3n) is 5.93. The van der Waals surface area contributed by atoms with Crippen molar-refractivity contribution in [2.75, 3.05) is 18.6 Å². The van der Waals surface area contributed by atoms with Gasteiger partial charge in [-0.2, -0.15) is 5.10 Å². The van der Waals surface area contributed by atoms with Crippen LogP contribution in [0, 0.1) is 0 Å². The smallest absolute Gasteiger partial charge is 0.246 e. The molecule has 5 rings (SSSR count). The van der Waals surface area contributed by atoms with Gasteiger partial charge in [-0.1, -0.05) is 24.8 Å². The minimum atomic E-state index is -0.0947. The van der Waals surface area contributed by atoms with Gasteiger partial charge in [0.05, 0.1) is 11.4 Å². The number of fused-ring (bicyclic) bond motifs is 1. The van der Waals surface area contributed by atoms with Gasteiger partial charge >= 0.3 is 0 Å². The van der Waals surface area contributed by atoms with E-state index in [1.807, 2.05) is 59.3 Å². The van der Waals surface area contributed by atoms with Crippen LogP contribution >= 0.6 is 0 Å². The van der Waals surface area contributed by atoms with Gasteiger partial charge in [-0.25, -0.2) is 14.6 Å². The van der Waals surface area contributed by atoms with Crippen LogP contribution in [0.1, 0.15) is 18.9 Å². The molecule has 1 atom stereocenters. The highest BCUT2D eigenvalue weighted by molar-refractivity contribution is 5.98. The molecular weight excluding hydrogens is 432 g/mol. The molecular formula is C25H24N6O3. The molecule has 1 aliphatic heterocycles. The average molecular weight is 457 g/mol. The van der Waals surface area contributed by atoms with Gasteiger partial charge in [-0.3, -0.25) is 15.5 Å². The van der Waals surface area contributed by atoms with Gasteiger partial charge in [0.1, 0.15) is 23.5 Å². The van der Waals surface area contributed by atoms with Crippen LogP contribution in [-0.2, 0) is 4.79 Å². The highest BCUT2D eigenvalue weighted by atomic mass is 16.5. The second kappa shape index (κ2) is 9.32. The summed E-state index contributed by atoms with van der Waals surface area (Å²) in [4.78, 5) is 22.6. The number of nitrogens with zero attached hydrogens (tertiary/aromatic N) is 5. The Morgan fingerprint density at radius 1 is 1.12 bits per heavy atom. The van der Waals surface area contributed by atoms with Crippen LogP contribution in [0.25, 0.3) is 22.3 Å². The molecule has 1 aliphatic rings. The normalized spacial score (nSPS) is 15.8. The molecule has 2 N–H and O–H groups in total. The number of para-hydroxylation sites is 1. The topological polar surface area (TPSA) is 105 Å². The minimum absolute atomic E-state index is 0.0592. The summed E-state index contributed by atoms with van der Waals surface area (Å²) in [6.07, 6.45) is 4.43. The molecule has 3 heterocycles. The first-order chi connectivity index (χ1) is 16.7. The van der Waals surface area contributed by atoms with Crippen molar-refractivity contribution in [3.63, 3.8) is 0 Å². The van der Waals surface area contributed by atoms with E-state index in [4.69, 9.17) is 9.84 Å². The van der Waals surface area contributed by atoms with Crippen LogP contribution in [0.4, 0.5) is 5.82 Å². The predicted molar refractivity (Wildman–Crippen MR) is 128 cm³/mol. The lowest BCUT2D eigenvalue weighted by molar-refractivity contribution is -0.127. The van der Waals surface area contributed by atoms with Crippen LogP contribution in [0.3, 0.4) is 0 Å². The van der Waals surface area contributed by atoms with Gasteiger partial charge in [-0.05, 0) is 55.3 Å². The lowest BCUT2D eigenvalue weighted by Gasteiger charge is -2.32. The van der Waals surface area contributed by atoms with E-state index in [-0.39, 0.29) is 17.8 Å². The number of hydrogen-bond donors (Lipinski definition) is 2. The largest absolute Gasteiger partial charge is 0.457 e. The van der Waals surface area contributed by atoms with Crippen molar-refractivity contribution in [3.8, 4) is 22.8 Å². The molecule has 34 heavy (non-hydrogen) atoms. The first-order valence-electron chi connectivity index (χ1n) is 11.1. The second-order valence-electron chi connectivity index (χ2n) is 8.05. The van der Waals surface area contributed by atoms with E-state index < -0.39 is 0 Å². The molecule has 0 bridgehead atoms. The molecule has 0 unspecified atom stereocenters. The van der Waals surface area contributed by atoms with Crippen LogP contribution < -0.4 is 10.2 Å². The predicted octanol–water partition coefficient (Wildman–Crippen LogP) is 4.44. The highest BCUT2D eigenvalue weighted by Crippen LogP contribution is 2.35. The van der Waals surface area contributed by atoms with Gasteiger partial charge < -0.3 is 9.64 Å². The van der Waals surface area contributed by atoms with Crippen LogP contribution in [-0.4, -0.2) is 48.9 Å². The fourth-order valence-corrected chi connectivity index (χ4v) is 4.30. The van der Waals surface area contributed by atoms with Crippen molar-refractivity contribution in [2.24, 2.45) is 0 Å². The number of likely N-dealkylation sites (tertiary alicyclic amines) is 1. The first-order valence-corrected chi connectivity index (χ1v) is 11.1. The maximum atomic E-state index is 12.2. The number of carbonyl (C=O) groups is 1. The summed E-state index contributed by atoms with van der Waals surface area (Å²) in [6.45, 7) is 4.80. The quantitative estimate of drug-likeness (QED) is 0.326. The molecule has 9 heteroatoms. The average Bonchev–Trinajstić information content (AvgIpc) is 3.29. The van der Waals surface area contributed by atoms with Crippen molar-refractivity contribution >= 4 is 22.8 Å². The highest BCUT2D eigenvalue weighted by Gasteiger charge is 2.28. The molecule has 4 aromatic rings. The lowest BCUT2D eigenvalue weighted by Crippen LogP contribution is -2.40. The summed E-state index contributed by atoms with van der Waals surface area (Å²) >= 11 is 0. The Hall–Kier alpha value is -4.24. The van der Waals surface area contributed by atoms with E-state index in [9.17, 15) is 10.0 Å². The molecule has 9 nitrogen and oxygen atoms in total. The van der Waals surface area contributed by atoms with Crippen molar-refractivity contribution < 1.29 is 14.7 Å². The summed E-state index contributed by atoms with van der Waals surface area (Å²) in [5.74, 6) is 1.62. The Morgan fingerprint density at radius 2 is 1.88 bits per heavy atom. The van der Waals surface area contributed by atoms with E-state index in [0.717, 1.165) is 24.2 Å². The van der Waals surface area contributed by atoms with Crippen molar-refractivity contribution in [3.05, 3.63) is 73.6 Å². The van der Waals surface area contributed by atoms with Crippen molar-refractivity contribution in [2.45, 2.75) is 18.9 Å². The molecule has 172 valence electrons. The zero-order valence-electron chi connectivity index (χ0n) is 18.5. The minimum Gasteiger partial charge on any atom is -0.457 e. The molecule has 2 aromatic carbocycles. The van der Waals surface area contributed by atoms with Gasteiger partial charge in [0.15, 0.2) is 11.5 Å². The third-order valence-corrected chi connectivity index (χ3v) is 5.93. The van der Waals surface area contributed by atoms with Gasteiger partial charge in [0.2, 0.25) is 5.91 Å². The molecule has 1 amide bonds. The Kier molecular flexibility index (Phi) is 5.92. The van der Waals surface area contributed by atoms with Crippen molar-refractivity contribution in [1.29, 1.82) is 0 Å². The zero-order valence-corrected chi connectivity index (χ0v) is 18.5. The molecule has 0 saturated carbocycles. The van der Waals surface area contributed by atoms with E-state index in [2.05, 4.69) is 22.0 Å². The van der Waals surface area contributed by atoms with E-state index in [1.54, 1.807) is 4.90 Å². The number of hydrogen-bond acceptors (Lipinski definition) is 7. The number of nitrogens with one attached hydrogen (secondary N) is 1. The van der Waals surface area contributed by atoms with Crippen LogP contribution in [0.5, 0.6) is 11.5 Å². The number of piperidine rings is 1. The number of amides is 1. The maximum absolute atomic E-state index is 12.2. The summed E-state index contributed by atoms with van der Waals surface area (Å²) in [5.41, 5.74) is 4.21. The third kappa shape index (κ3) is 4.08. The fourth-order valence-electron chi connectivity index (χ4n) is 4.30. The van der Waals surface area contributed by atoms with E-state index >= 15 is 0 Å².